The summed E-state index contributed by atoms with van der Waals surface area (Å²) in [5, 5.41) is -0.284. The maximum absolute atomic E-state index is 14.0. The molecule has 0 spiro atoms. The highest BCUT2D eigenvalue weighted by atomic mass is 35.5. The van der Waals surface area contributed by atoms with Gasteiger partial charge in [0.15, 0.2) is 22.4 Å². The molecule has 3 aromatic heterocycles. The molecule has 1 aromatic carbocycles. The first-order valence-electron chi connectivity index (χ1n) is 7.36. The lowest BCUT2D eigenvalue weighted by Gasteiger charge is -2.08. The number of rotatable bonds is 3. The normalized spacial score (nSPS) is 11.2. The Balaban J connectivity index is 1.85. The van der Waals surface area contributed by atoms with E-state index in [0.717, 1.165) is 6.20 Å². The highest BCUT2D eigenvalue weighted by Gasteiger charge is 2.14. The average Bonchev–Trinajstić information content (AvgIpc) is 3.08. The van der Waals surface area contributed by atoms with Crippen LogP contribution in [0.2, 0.25) is 5.15 Å². The molecule has 25 heavy (non-hydrogen) atoms. The van der Waals surface area contributed by atoms with E-state index < -0.39 is 5.82 Å². The van der Waals surface area contributed by atoms with Crippen LogP contribution in [0.3, 0.4) is 0 Å². The van der Waals surface area contributed by atoms with Crippen molar-refractivity contribution >= 4 is 17.2 Å². The quantitative estimate of drug-likeness (QED) is 0.524. The molecule has 0 fully saturated rings. The van der Waals surface area contributed by atoms with Crippen molar-refractivity contribution in [2.75, 3.05) is 0 Å². The Morgan fingerprint density at radius 1 is 1.04 bits per heavy atom. The van der Waals surface area contributed by atoms with Gasteiger partial charge in [-0.1, -0.05) is 29.8 Å². The van der Waals surface area contributed by atoms with Crippen molar-refractivity contribution < 1.29 is 8.78 Å². The van der Waals surface area contributed by atoms with E-state index in [9.17, 15) is 8.78 Å². The molecule has 8 heteroatoms. The molecule has 0 amide bonds. The van der Waals surface area contributed by atoms with Crippen LogP contribution in [0.15, 0.2) is 49.1 Å². The van der Waals surface area contributed by atoms with Crippen LogP contribution in [-0.2, 0) is 6.42 Å². The van der Waals surface area contributed by atoms with Crippen LogP contribution in [0, 0.1) is 11.6 Å². The number of hydrogen-bond acceptors (Lipinski definition) is 4. The molecular weight excluding hydrogens is 348 g/mol. The van der Waals surface area contributed by atoms with Crippen LogP contribution in [0.25, 0.3) is 17.2 Å². The highest BCUT2D eigenvalue weighted by Crippen LogP contribution is 2.21. The predicted octanol–water partition coefficient (Wildman–Crippen LogP) is 3.71. The molecule has 0 N–H and O–H groups in total. The second-order valence-corrected chi connectivity index (χ2v) is 5.69. The molecule has 0 bridgehead atoms. The fourth-order valence-electron chi connectivity index (χ4n) is 2.51. The summed E-state index contributed by atoms with van der Waals surface area (Å²) < 4.78 is 29.0. The SMILES string of the molecule is Fc1ccccc1Cc1nc(-c2ncc(F)c(Cl)n2)cn2ccnc12. The van der Waals surface area contributed by atoms with E-state index in [1.807, 2.05) is 0 Å². The van der Waals surface area contributed by atoms with Gasteiger partial charge in [0.25, 0.3) is 0 Å². The van der Waals surface area contributed by atoms with Gasteiger partial charge < -0.3 is 4.40 Å². The van der Waals surface area contributed by atoms with E-state index in [0.29, 0.717) is 22.6 Å². The molecule has 5 nitrogen and oxygen atoms in total. The highest BCUT2D eigenvalue weighted by molar-refractivity contribution is 6.29. The summed E-state index contributed by atoms with van der Waals surface area (Å²) in [5.41, 5.74) is 2.03. The molecule has 0 saturated heterocycles. The molecule has 4 rings (SSSR count). The number of halogens is 3. The number of fused-ring (bicyclic) bond motifs is 1. The smallest absolute Gasteiger partial charge is 0.181 e. The topological polar surface area (TPSA) is 56.0 Å². The molecule has 0 saturated carbocycles. The van der Waals surface area contributed by atoms with Gasteiger partial charge in [-0.3, -0.25) is 0 Å². The zero-order chi connectivity index (χ0) is 17.4. The molecule has 0 radical (unpaired) electrons. The third-order valence-corrected chi connectivity index (χ3v) is 3.95. The lowest BCUT2D eigenvalue weighted by molar-refractivity contribution is 0.612. The Morgan fingerprint density at radius 2 is 1.88 bits per heavy atom. The molecule has 4 aromatic rings. The summed E-state index contributed by atoms with van der Waals surface area (Å²) in [5.74, 6) is -0.849. The third kappa shape index (κ3) is 2.94. The van der Waals surface area contributed by atoms with Gasteiger partial charge in [0.05, 0.1) is 11.9 Å². The van der Waals surface area contributed by atoms with Crippen molar-refractivity contribution in [2.45, 2.75) is 6.42 Å². The predicted molar refractivity (Wildman–Crippen MR) is 88.2 cm³/mol. The van der Waals surface area contributed by atoms with Crippen molar-refractivity contribution in [3.63, 3.8) is 0 Å². The average molecular weight is 358 g/mol. The second kappa shape index (κ2) is 6.18. The molecule has 3 heterocycles. The molecule has 0 aliphatic rings. The third-order valence-electron chi connectivity index (χ3n) is 3.69. The Labute approximate surface area is 146 Å². The first-order chi connectivity index (χ1) is 12.1. The van der Waals surface area contributed by atoms with E-state index in [2.05, 4.69) is 19.9 Å². The maximum Gasteiger partial charge on any atom is 0.181 e. The first kappa shape index (κ1) is 15.6. The van der Waals surface area contributed by atoms with Gasteiger partial charge in [-0.2, -0.15) is 0 Å². The van der Waals surface area contributed by atoms with Crippen LogP contribution in [-0.4, -0.2) is 24.3 Å². The monoisotopic (exact) mass is 357 g/mol. The van der Waals surface area contributed by atoms with E-state index in [1.165, 1.54) is 6.07 Å². The van der Waals surface area contributed by atoms with E-state index in [-0.39, 0.29) is 23.2 Å². The van der Waals surface area contributed by atoms with Gasteiger partial charge in [0.1, 0.15) is 11.5 Å². The lowest BCUT2D eigenvalue weighted by Crippen LogP contribution is -2.03. The number of nitrogens with zero attached hydrogens (tertiary/aromatic N) is 5. The summed E-state index contributed by atoms with van der Waals surface area (Å²) in [4.78, 5) is 16.6. The van der Waals surface area contributed by atoms with Crippen molar-refractivity contribution in [2.24, 2.45) is 0 Å². The number of benzene rings is 1. The lowest BCUT2D eigenvalue weighted by atomic mass is 10.1. The summed E-state index contributed by atoms with van der Waals surface area (Å²) in [7, 11) is 0. The fraction of sp³-hybridized carbons (Fsp3) is 0.0588. The largest absolute Gasteiger partial charge is 0.303 e. The van der Waals surface area contributed by atoms with Gasteiger partial charge in [0.2, 0.25) is 0 Å². The van der Waals surface area contributed by atoms with Crippen molar-refractivity contribution in [1.82, 2.24) is 24.3 Å². The summed E-state index contributed by atoms with van der Waals surface area (Å²) >= 11 is 5.73. The molecule has 0 unspecified atom stereocenters. The minimum atomic E-state index is -0.708. The van der Waals surface area contributed by atoms with Crippen LogP contribution in [0.4, 0.5) is 8.78 Å². The zero-order valence-electron chi connectivity index (χ0n) is 12.7. The number of aromatic nitrogens is 5. The van der Waals surface area contributed by atoms with Crippen LogP contribution >= 0.6 is 11.6 Å². The minimum Gasteiger partial charge on any atom is -0.303 e. The first-order valence-corrected chi connectivity index (χ1v) is 7.74. The Morgan fingerprint density at radius 3 is 2.68 bits per heavy atom. The fourth-order valence-corrected chi connectivity index (χ4v) is 2.64. The van der Waals surface area contributed by atoms with Crippen LogP contribution in [0.5, 0.6) is 0 Å². The van der Waals surface area contributed by atoms with Crippen molar-refractivity contribution in [3.8, 4) is 11.5 Å². The standard InChI is InChI=1S/C17H10ClF2N5/c18-15-12(20)8-22-16(24-15)14-9-25-6-5-21-17(25)13(23-14)7-10-3-1-2-4-11(10)19/h1-6,8-9H,7H2. The van der Waals surface area contributed by atoms with Gasteiger partial charge in [-0.05, 0) is 11.6 Å². The minimum absolute atomic E-state index is 0.178. The van der Waals surface area contributed by atoms with Crippen molar-refractivity contribution in [1.29, 1.82) is 0 Å². The summed E-state index contributed by atoms with van der Waals surface area (Å²) in [6.07, 6.45) is 6.24. The number of imidazole rings is 1. The van der Waals surface area contributed by atoms with E-state index in [1.54, 1.807) is 41.2 Å². The zero-order valence-corrected chi connectivity index (χ0v) is 13.5. The molecule has 0 atom stereocenters. The Bertz CT molecular complexity index is 1080. The Hall–Kier alpha value is -2.93. The second-order valence-electron chi connectivity index (χ2n) is 5.33. The van der Waals surface area contributed by atoms with Gasteiger partial charge in [0, 0.05) is 25.0 Å². The maximum atomic E-state index is 14.0. The van der Waals surface area contributed by atoms with Gasteiger partial charge in [-0.15, -0.1) is 0 Å². The Kier molecular flexibility index (Phi) is 3.85. The van der Waals surface area contributed by atoms with Crippen LogP contribution in [0.1, 0.15) is 11.3 Å². The van der Waals surface area contributed by atoms with E-state index in [4.69, 9.17) is 11.6 Å². The summed E-state index contributed by atoms with van der Waals surface area (Å²) in [6.45, 7) is 0. The molecule has 124 valence electrons. The molecule has 0 aliphatic carbocycles. The van der Waals surface area contributed by atoms with E-state index >= 15 is 0 Å². The summed E-state index contributed by atoms with van der Waals surface area (Å²) in [6, 6.07) is 6.47. The van der Waals surface area contributed by atoms with Gasteiger partial charge >= 0.3 is 0 Å². The molecule has 0 aliphatic heterocycles. The van der Waals surface area contributed by atoms with Crippen LogP contribution < -0.4 is 0 Å². The van der Waals surface area contributed by atoms with Gasteiger partial charge in [-0.25, -0.2) is 28.7 Å². The number of hydrogen-bond donors (Lipinski definition) is 0. The van der Waals surface area contributed by atoms with Crippen molar-refractivity contribution in [3.05, 3.63) is 77.1 Å². The molecular formula is C17H10ClF2N5.